The molecule has 2 aromatic carbocycles. The summed E-state index contributed by atoms with van der Waals surface area (Å²) in [6, 6.07) is 15.2. The molecule has 6 heteroatoms. The fourth-order valence-electron chi connectivity index (χ4n) is 4.09. The van der Waals surface area contributed by atoms with Crippen LogP contribution in [0.4, 0.5) is 0 Å². The van der Waals surface area contributed by atoms with Crippen LogP contribution in [0.3, 0.4) is 0 Å². The van der Waals surface area contributed by atoms with E-state index in [1.807, 2.05) is 36.4 Å². The first-order valence-corrected chi connectivity index (χ1v) is 10.3. The number of rotatable bonds is 7. The van der Waals surface area contributed by atoms with Crippen LogP contribution in [0.5, 0.6) is 5.75 Å². The van der Waals surface area contributed by atoms with Crippen molar-refractivity contribution in [2.75, 3.05) is 13.7 Å². The lowest BCUT2D eigenvalue weighted by Crippen LogP contribution is -2.33. The highest BCUT2D eigenvalue weighted by Gasteiger charge is 2.29. The number of oxazole rings is 1. The normalized spacial score (nSPS) is 17.0. The van der Waals surface area contributed by atoms with Crippen molar-refractivity contribution in [2.45, 2.75) is 38.3 Å². The van der Waals surface area contributed by atoms with Gasteiger partial charge >= 0.3 is 5.97 Å². The van der Waals surface area contributed by atoms with E-state index in [1.165, 1.54) is 0 Å². The SMILES string of the molecule is COc1cccc(Cc2cnc(C3CCCCN3Cc3ccccc3C(=O)O)o2)c1. The van der Waals surface area contributed by atoms with Gasteiger partial charge in [0.1, 0.15) is 11.5 Å². The Bertz CT molecular complexity index is 1010. The lowest BCUT2D eigenvalue weighted by atomic mass is 9.99. The quantitative estimate of drug-likeness (QED) is 0.613. The number of hydrogen-bond donors (Lipinski definition) is 1. The second kappa shape index (κ2) is 9.13. The molecule has 1 saturated heterocycles. The standard InChI is InChI=1S/C24H26N2O4/c1-29-19-9-6-7-17(13-19)14-20-15-25-23(30-20)22-11-4-5-12-26(22)16-18-8-2-3-10-21(18)24(27)28/h2-3,6-10,13,15,22H,4-5,11-12,14,16H2,1H3,(H,27,28). The molecular weight excluding hydrogens is 380 g/mol. The molecule has 0 aliphatic carbocycles. The van der Waals surface area contributed by atoms with Crippen molar-refractivity contribution in [3.63, 3.8) is 0 Å². The summed E-state index contributed by atoms with van der Waals surface area (Å²) in [7, 11) is 1.66. The summed E-state index contributed by atoms with van der Waals surface area (Å²) >= 11 is 0. The van der Waals surface area contributed by atoms with Crippen molar-refractivity contribution in [1.82, 2.24) is 9.88 Å². The minimum Gasteiger partial charge on any atom is -0.497 e. The van der Waals surface area contributed by atoms with Gasteiger partial charge in [-0.1, -0.05) is 36.8 Å². The van der Waals surface area contributed by atoms with Crippen molar-refractivity contribution in [3.05, 3.63) is 83.1 Å². The second-order valence-corrected chi connectivity index (χ2v) is 7.64. The van der Waals surface area contributed by atoms with Crippen molar-refractivity contribution < 1.29 is 19.1 Å². The number of nitrogens with zero attached hydrogens (tertiary/aromatic N) is 2. The molecule has 30 heavy (non-hydrogen) atoms. The topological polar surface area (TPSA) is 75.8 Å². The van der Waals surface area contributed by atoms with E-state index in [2.05, 4.69) is 9.88 Å². The molecule has 0 radical (unpaired) electrons. The van der Waals surface area contributed by atoms with Crippen LogP contribution in [-0.4, -0.2) is 34.6 Å². The largest absolute Gasteiger partial charge is 0.497 e. The monoisotopic (exact) mass is 406 g/mol. The molecule has 2 heterocycles. The van der Waals surface area contributed by atoms with Gasteiger partial charge in [0, 0.05) is 13.0 Å². The lowest BCUT2D eigenvalue weighted by molar-refractivity contribution is 0.0691. The molecule has 1 aliphatic rings. The molecule has 1 aromatic heterocycles. The molecule has 3 aromatic rings. The van der Waals surface area contributed by atoms with Gasteiger partial charge in [0.15, 0.2) is 0 Å². The molecule has 0 amide bonds. The van der Waals surface area contributed by atoms with E-state index < -0.39 is 5.97 Å². The third kappa shape index (κ3) is 4.54. The van der Waals surface area contributed by atoms with Gasteiger partial charge in [0.2, 0.25) is 5.89 Å². The third-order valence-corrected chi connectivity index (χ3v) is 5.60. The van der Waals surface area contributed by atoms with Crippen molar-refractivity contribution in [3.8, 4) is 5.75 Å². The summed E-state index contributed by atoms with van der Waals surface area (Å²) in [4.78, 5) is 18.4. The molecule has 1 aliphatic heterocycles. The van der Waals surface area contributed by atoms with E-state index in [0.29, 0.717) is 24.4 Å². The number of piperidine rings is 1. The number of carboxylic acids is 1. The van der Waals surface area contributed by atoms with Crippen LogP contribution in [-0.2, 0) is 13.0 Å². The van der Waals surface area contributed by atoms with E-state index in [-0.39, 0.29) is 6.04 Å². The van der Waals surface area contributed by atoms with Crippen LogP contribution in [0, 0.1) is 0 Å². The Hall–Kier alpha value is -3.12. The molecule has 1 fully saturated rings. The Morgan fingerprint density at radius 1 is 1.23 bits per heavy atom. The maximum Gasteiger partial charge on any atom is 0.336 e. The smallest absolute Gasteiger partial charge is 0.336 e. The second-order valence-electron chi connectivity index (χ2n) is 7.64. The summed E-state index contributed by atoms with van der Waals surface area (Å²) in [6.45, 7) is 1.47. The molecule has 156 valence electrons. The predicted octanol–water partition coefficient (Wildman–Crippen LogP) is 4.70. The number of carboxylic acid groups (broad SMARTS) is 1. The number of ether oxygens (including phenoxy) is 1. The van der Waals surface area contributed by atoms with Crippen LogP contribution in [0.2, 0.25) is 0 Å². The molecule has 0 spiro atoms. The van der Waals surface area contributed by atoms with Crippen LogP contribution in [0.1, 0.15) is 58.4 Å². The van der Waals surface area contributed by atoms with Gasteiger partial charge in [0.25, 0.3) is 0 Å². The van der Waals surface area contributed by atoms with E-state index in [9.17, 15) is 9.90 Å². The lowest BCUT2D eigenvalue weighted by Gasteiger charge is -2.34. The summed E-state index contributed by atoms with van der Waals surface area (Å²) in [5.74, 6) is 1.45. The summed E-state index contributed by atoms with van der Waals surface area (Å²) in [5.41, 5.74) is 2.28. The predicted molar refractivity (Wildman–Crippen MR) is 113 cm³/mol. The van der Waals surface area contributed by atoms with Crippen molar-refractivity contribution in [1.29, 1.82) is 0 Å². The highest BCUT2D eigenvalue weighted by molar-refractivity contribution is 5.89. The average molecular weight is 406 g/mol. The number of likely N-dealkylation sites (tertiary alicyclic amines) is 1. The summed E-state index contributed by atoms with van der Waals surface area (Å²) < 4.78 is 11.4. The molecule has 0 saturated carbocycles. The number of carbonyl (C=O) groups is 1. The zero-order valence-corrected chi connectivity index (χ0v) is 17.1. The van der Waals surface area contributed by atoms with Crippen LogP contribution in [0.25, 0.3) is 0 Å². The summed E-state index contributed by atoms with van der Waals surface area (Å²) in [5, 5.41) is 9.50. The first kappa shape index (κ1) is 20.2. The maximum absolute atomic E-state index is 11.6. The van der Waals surface area contributed by atoms with Gasteiger partial charge in [-0.05, 0) is 48.7 Å². The fourth-order valence-corrected chi connectivity index (χ4v) is 4.09. The number of aromatic nitrogens is 1. The molecule has 4 rings (SSSR count). The summed E-state index contributed by atoms with van der Waals surface area (Å²) in [6.07, 6.45) is 5.60. The third-order valence-electron chi connectivity index (χ3n) is 5.60. The van der Waals surface area contributed by atoms with Crippen LogP contribution in [0.15, 0.2) is 59.1 Å². The van der Waals surface area contributed by atoms with Gasteiger partial charge in [0.05, 0.1) is 24.9 Å². The zero-order chi connectivity index (χ0) is 20.9. The van der Waals surface area contributed by atoms with E-state index in [4.69, 9.17) is 9.15 Å². The van der Waals surface area contributed by atoms with E-state index in [0.717, 1.165) is 48.4 Å². The van der Waals surface area contributed by atoms with Gasteiger partial charge in [-0.2, -0.15) is 0 Å². The molecule has 0 bridgehead atoms. The minimum atomic E-state index is -0.893. The Kier molecular flexibility index (Phi) is 6.14. The first-order valence-electron chi connectivity index (χ1n) is 10.3. The number of methoxy groups -OCH3 is 1. The average Bonchev–Trinajstić information content (AvgIpc) is 3.22. The Balaban J connectivity index is 1.51. The van der Waals surface area contributed by atoms with Gasteiger partial charge in [-0.15, -0.1) is 0 Å². The van der Waals surface area contributed by atoms with Gasteiger partial charge < -0.3 is 14.3 Å². The number of benzene rings is 2. The first-order chi connectivity index (χ1) is 14.6. The molecule has 6 nitrogen and oxygen atoms in total. The highest BCUT2D eigenvalue weighted by atomic mass is 16.5. The van der Waals surface area contributed by atoms with Crippen LogP contribution < -0.4 is 4.74 Å². The highest BCUT2D eigenvalue weighted by Crippen LogP contribution is 2.32. The molecule has 1 atom stereocenters. The Labute approximate surface area is 176 Å². The fraction of sp³-hybridized carbons (Fsp3) is 0.333. The molecule has 1 N–H and O–H groups in total. The minimum absolute atomic E-state index is 0.0552. The molecular formula is C24H26N2O4. The Morgan fingerprint density at radius 2 is 2.10 bits per heavy atom. The van der Waals surface area contributed by atoms with E-state index >= 15 is 0 Å². The maximum atomic E-state index is 11.6. The van der Waals surface area contributed by atoms with Gasteiger partial charge in [-0.25, -0.2) is 9.78 Å². The van der Waals surface area contributed by atoms with Gasteiger partial charge in [-0.3, -0.25) is 4.90 Å². The number of hydrogen-bond acceptors (Lipinski definition) is 5. The Morgan fingerprint density at radius 3 is 2.93 bits per heavy atom. The van der Waals surface area contributed by atoms with Crippen molar-refractivity contribution in [2.24, 2.45) is 0 Å². The van der Waals surface area contributed by atoms with Crippen molar-refractivity contribution >= 4 is 5.97 Å². The van der Waals surface area contributed by atoms with E-state index in [1.54, 1.807) is 25.4 Å². The number of aromatic carboxylic acids is 1. The molecule has 1 unspecified atom stereocenters. The zero-order valence-electron chi connectivity index (χ0n) is 17.1. The van der Waals surface area contributed by atoms with Crippen LogP contribution >= 0.6 is 0 Å².